The maximum Gasteiger partial charge on any atom is 0.191 e. The van der Waals surface area contributed by atoms with E-state index >= 15 is 0 Å². The monoisotopic (exact) mass is 362 g/mol. The lowest BCUT2D eigenvalue weighted by molar-refractivity contribution is 0.0168. The molecule has 1 aliphatic rings. The van der Waals surface area contributed by atoms with Crippen LogP contribution < -0.4 is 10.6 Å². The lowest BCUT2D eigenvalue weighted by Gasteiger charge is -2.26. The van der Waals surface area contributed by atoms with E-state index < -0.39 is 0 Å². The van der Waals surface area contributed by atoms with E-state index in [0.717, 1.165) is 51.5 Å². The zero-order valence-corrected chi connectivity index (χ0v) is 16.4. The number of aliphatic imine (C=N–C) groups is 1. The Morgan fingerprint density at radius 1 is 1.31 bits per heavy atom. The smallest absolute Gasteiger partial charge is 0.191 e. The molecule has 0 spiro atoms. The van der Waals surface area contributed by atoms with Crippen LogP contribution in [0.25, 0.3) is 0 Å². The predicted molar refractivity (Wildman–Crippen MR) is 107 cm³/mol. The lowest BCUT2D eigenvalue weighted by atomic mass is 10.1. The van der Waals surface area contributed by atoms with Crippen molar-refractivity contribution in [1.29, 1.82) is 0 Å². The standard InChI is InChI=1S/C20H34N4O2/c1-21-20(22-12-8-13-25-16-18-11-7-14-26-18)23-15-19(24(2)3)17-9-5-4-6-10-17/h4-6,9-10,18-19H,7-8,11-16H2,1-3H3,(H2,21,22,23). The van der Waals surface area contributed by atoms with E-state index in [0.29, 0.717) is 18.8 Å². The van der Waals surface area contributed by atoms with Crippen molar-refractivity contribution in [2.24, 2.45) is 4.99 Å². The Hall–Kier alpha value is -1.63. The van der Waals surface area contributed by atoms with Gasteiger partial charge in [-0.25, -0.2) is 0 Å². The van der Waals surface area contributed by atoms with Gasteiger partial charge in [0.05, 0.1) is 18.8 Å². The fourth-order valence-electron chi connectivity index (χ4n) is 3.06. The summed E-state index contributed by atoms with van der Waals surface area (Å²) < 4.78 is 11.2. The molecule has 0 amide bonds. The topological polar surface area (TPSA) is 58.1 Å². The molecule has 0 bridgehead atoms. The zero-order chi connectivity index (χ0) is 18.6. The van der Waals surface area contributed by atoms with Crippen molar-refractivity contribution in [3.63, 3.8) is 0 Å². The molecule has 6 heteroatoms. The Morgan fingerprint density at radius 3 is 2.77 bits per heavy atom. The third kappa shape index (κ3) is 7.32. The minimum absolute atomic E-state index is 0.296. The second-order valence-corrected chi connectivity index (χ2v) is 6.83. The molecule has 2 unspecified atom stereocenters. The molecule has 0 aromatic heterocycles. The molecule has 146 valence electrons. The summed E-state index contributed by atoms with van der Waals surface area (Å²) in [6, 6.07) is 10.8. The van der Waals surface area contributed by atoms with Crippen molar-refractivity contribution in [2.75, 3.05) is 54.1 Å². The van der Waals surface area contributed by atoms with E-state index in [2.05, 4.69) is 58.9 Å². The molecular formula is C20H34N4O2. The molecule has 1 aromatic carbocycles. The van der Waals surface area contributed by atoms with Gasteiger partial charge in [0.15, 0.2) is 5.96 Å². The first-order valence-corrected chi connectivity index (χ1v) is 9.56. The lowest BCUT2D eigenvalue weighted by Crippen LogP contribution is -2.42. The zero-order valence-electron chi connectivity index (χ0n) is 16.4. The molecule has 1 fully saturated rings. The van der Waals surface area contributed by atoms with E-state index in [4.69, 9.17) is 9.47 Å². The van der Waals surface area contributed by atoms with Crippen LogP contribution >= 0.6 is 0 Å². The van der Waals surface area contributed by atoms with Crippen molar-refractivity contribution in [1.82, 2.24) is 15.5 Å². The number of hydrogen-bond acceptors (Lipinski definition) is 4. The van der Waals surface area contributed by atoms with Crippen molar-refractivity contribution < 1.29 is 9.47 Å². The Morgan fingerprint density at radius 2 is 2.12 bits per heavy atom. The first kappa shape index (κ1) is 20.7. The Labute approximate surface area is 158 Å². The predicted octanol–water partition coefficient (Wildman–Crippen LogP) is 2.04. The Balaban J connectivity index is 1.63. The van der Waals surface area contributed by atoms with Crippen LogP contribution in [0.3, 0.4) is 0 Å². The van der Waals surface area contributed by atoms with Gasteiger partial charge in [-0.15, -0.1) is 0 Å². The molecule has 0 saturated carbocycles. The maximum atomic E-state index is 5.69. The molecule has 2 N–H and O–H groups in total. The number of benzene rings is 1. The highest BCUT2D eigenvalue weighted by Crippen LogP contribution is 2.16. The van der Waals surface area contributed by atoms with Crippen LogP contribution in [0.4, 0.5) is 0 Å². The second kappa shape index (κ2) is 11.9. The van der Waals surface area contributed by atoms with E-state index in [1.54, 1.807) is 7.05 Å². The van der Waals surface area contributed by atoms with Gasteiger partial charge in [-0.05, 0) is 38.9 Å². The molecule has 6 nitrogen and oxygen atoms in total. The summed E-state index contributed by atoms with van der Waals surface area (Å²) in [6.07, 6.45) is 3.54. The molecule has 0 radical (unpaired) electrons. The largest absolute Gasteiger partial charge is 0.379 e. The Kier molecular flexibility index (Phi) is 9.45. The van der Waals surface area contributed by atoms with Gasteiger partial charge >= 0.3 is 0 Å². The van der Waals surface area contributed by atoms with Gasteiger partial charge in [0.1, 0.15) is 0 Å². The average molecular weight is 363 g/mol. The van der Waals surface area contributed by atoms with Gasteiger partial charge in [0.2, 0.25) is 0 Å². The van der Waals surface area contributed by atoms with Gasteiger partial charge in [-0.3, -0.25) is 4.99 Å². The number of guanidine groups is 1. The molecule has 1 aliphatic heterocycles. The number of ether oxygens (including phenoxy) is 2. The molecule has 1 saturated heterocycles. The van der Waals surface area contributed by atoms with E-state index in [9.17, 15) is 0 Å². The first-order valence-electron chi connectivity index (χ1n) is 9.56. The van der Waals surface area contributed by atoms with Crippen molar-refractivity contribution >= 4 is 5.96 Å². The fourth-order valence-corrected chi connectivity index (χ4v) is 3.06. The average Bonchev–Trinajstić information content (AvgIpc) is 3.17. The molecule has 26 heavy (non-hydrogen) atoms. The summed E-state index contributed by atoms with van der Waals surface area (Å²) in [4.78, 5) is 6.53. The van der Waals surface area contributed by atoms with Crippen LogP contribution in [-0.4, -0.2) is 71.0 Å². The van der Waals surface area contributed by atoms with Crippen LogP contribution in [0.5, 0.6) is 0 Å². The summed E-state index contributed by atoms with van der Waals surface area (Å²) in [5.74, 6) is 0.826. The van der Waals surface area contributed by atoms with E-state index in [1.165, 1.54) is 5.56 Å². The molecule has 2 atom stereocenters. The second-order valence-electron chi connectivity index (χ2n) is 6.83. The quantitative estimate of drug-likeness (QED) is 0.379. The highest BCUT2D eigenvalue weighted by atomic mass is 16.5. The summed E-state index contributed by atoms with van der Waals surface area (Å²) in [5.41, 5.74) is 1.29. The third-order valence-electron chi connectivity index (χ3n) is 4.58. The van der Waals surface area contributed by atoms with E-state index in [1.807, 2.05) is 6.07 Å². The minimum atomic E-state index is 0.296. The summed E-state index contributed by atoms with van der Waals surface area (Å²) in [6.45, 7) is 3.98. The molecular weight excluding hydrogens is 328 g/mol. The summed E-state index contributed by atoms with van der Waals surface area (Å²) in [5, 5.41) is 6.77. The van der Waals surface area contributed by atoms with Gasteiger partial charge in [-0.2, -0.15) is 0 Å². The molecule has 1 aromatic rings. The normalized spacial score (nSPS) is 18.9. The first-order chi connectivity index (χ1) is 12.7. The minimum Gasteiger partial charge on any atom is -0.379 e. The van der Waals surface area contributed by atoms with E-state index in [-0.39, 0.29) is 0 Å². The molecule has 2 rings (SSSR count). The van der Waals surface area contributed by atoms with Crippen LogP contribution in [0.1, 0.15) is 30.9 Å². The van der Waals surface area contributed by atoms with Crippen LogP contribution in [0, 0.1) is 0 Å². The van der Waals surface area contributed by atoms with Crippen molar-refractivity contribution in [2.45, 2.75) is 31.4 Å². The maximum absolute atomic E-state index is 5.69. The highest BCUT2D eigenvalue weighted by molar-refractivity contribution is 5.79. The van der Waals surface area contributed by atoms with Crippen LogP contribution in [0.2, 0.25) is 0 Å². The third-order valence-corrected chi connectivity index (χ3v) is 4.58. The number of nitrogens with one attached hydrogen (secondary N) is 2. The number of rotatable bonds is 10. The summed E-state index contributed by atoms with van der Waals surface area (Å²) >= 11 is 0. The van der Waals surface area contributed by atoms with Gasteiger partial charge in [-0.1, -0.05) is 30.3 Å². The Bertz CT molecular complexity index is 516. The van der Waals surface area contributed by atoms with Crippen molar-refractivity contribution in [3.8, 4) is 0 Å². The number of hydrogen-bond donors (Lipinski definition) is 2. The van der Waals surface area contributed by atoms with Crippen LogP contribution in [0.15, 0.2) is 35.3 Å². The van der Waals surface area contributed by atoms with Crippen LogP contribution in [-0.2, 0) is 9.47 Å². The highest BCUT2D eigenvalue weighted by Gasteiger charge is 2.15. The van der Waals surface area contributed by atoms with Crippen molar-refractivity contribution in [3.05, 3.63) is 35.9 Å². The van der Waals surface area contributed by atoms with Gasteiger partial charge in [0, 0.05) is 33.4 Å². The SMILES string of the molecule is CN=C(NCCCOCC1CCCO1)NCC(c1ccccc1)N(C)C. The number of likely N-dealkylation sites (N-methyl/N-ethyl adjacent to an activating group) is 1. The molecule has 0 aliphatic carbocycles. The van der Waals surface area contributed by atoms with Gasteiger partial charge < -0.3 is 25.0 Å². The fraction of sp³-hybridized carbons (Fsp3) is 0.650. The summed E-state index contributed by atoms with van der Waals surface area (Å²) in [7, 11) is 6.00. The van der Waals surface area contributed by atoms with Gasteiger partial charge in [0.25, 0.3) is 0 Å². The number of nitrogens with zero attached hydrogens (tertiary/aromatic N) is 2. The molecule has 1 heterocycles.